The highest BCUT2D eigenvalue weighted by Gasteiger charge is 2.20. The molecule has 0 bridgehead atoms. The number of nitrogens with zero attached hydrogens (tertiary/aromatic N) is 2. The van der Waals surface area contributed by atoms with Crippen molar-refractivity contribution in [3.8, 4) is 11.6 Å². The lowest BCUT2D eigenvalue weighted by Crippen LogP contribution is -2.30. The van der Waals surface area contributed by atoms with E-state index in [1.54, 1.807) is 39.0 Å². The molecule has 0 radical (unpaired) electrons. The minimum absolute atomic E-state index is 0.0592. The van der Waals surface area contributed by atoms with Gasteiger partial charge in [-0.2, -0.15) is 4.98 Å². The summed E-state index contributed by atoms with van der Waals surface area (Å²) < 4.78 is 34.5. The average molecular weight is 478 g/mol. The number of aliphatic hydroxyl groups is 1. The Bertz CT molecular complexity index is 1260. The molecule has 0 saturated heterocycles. The lowest BCUT2D eigenvalue weighted by atomic mass is 10.1. The summed E-state index contributed by atoms with van der Waals surface area (Å²) in [5.74, 6) is -1.82. The van der Waals surface area contributed by atoms with Gasteiger partial charge in [0, 0.05) is 23.7 Å². The Morgan fingerprint density at radius 1 is 1.24 bits per heavy atom. The summed E-state index contributed by atoms with van der Waals surface area (Å²) >= 11 is 6.21. The summed E-state index contributed by atoms with van der Waals surface area (Å²) in [5.41, 5.74) is 0.791. The lowest BCUT2D eigenvalue weighted by Gasteiger charge is -2.20. The molecule has 2 aromatic carbocycles. The molecule has 2 N–H and O–H groups in total. The highest BCUT2D eigenvalue weighted by Crippen LogP contribution is 2.29. The van der Waals surface area contributed by atoms with Crippen LogP contribution < -0.4 is 15.6 Å². The van der Waals surface area contributed by atoms with Crippen molar-refractivity contribution in [1.29, 1.82) is 0 Å². The van der Waals surface area contributed by atoms with Crippen molar-refractivity contribution in [3.05, 3.63) is 85.9 Å². The molecule has 0 saturated carbocycles. The van der Waals surface area contributed by atoms with Crippen molar-refractivity contribution >= 4 is 17.5 Å². The van der Waals surface area contributed by atoms with Crippen molar-refractivity contribution in [2.24, 2.45) is 0 Å². The molecule has 3 aromatic rings. The number of carbonyl (C=O) groups is 1. The Morgan fingerprint density at radius 3 is 2.64 bits per heavy atom. The van der Waals surface area contributed by atoms with Gasteiger partial charge in [-0.3, -0.25) is 14.2 Å². The van der Waals surface area contributed by atoms with Crippen LogP contribution in [0.1, 0.15) is 34.2 Å². The number of nitrogens with one attached hydrogen (secondary N) is 1. The molecule has 3 rings (SSSR count). The number of hydrogen-bond acceptors (Lipinski definition) is 5. The van der Waals surface area contributed by atoms with Crippen molar-refractivity contribution in [2.45, 2.75) is 33.5 Å². The zero-order chi connectivity index (χ0) is 24.3. The van der Waals surface area contributed by atoms with Gasteiger partial charge in [-0.25, -0.2) is 8.78 Å². The van der Waals surface area contributed by atoms with Gasteiger partial charge in [0.2, 0.25) is 5.88 Å². The van der Waals surface area contributed by atoms with E-state index in [1.807, 2.05) is 0 Å². The molecule has 1 atom stereocenters. The van der Waals surface area contributed by atoms with Gasteiger partial charge in [-0.15, -0.1) is 0 Å². The van der Waals surface area contributed by atoms with Gasteiger partial charge in [0.1, 0.15) is 24.1 Å². The molecular weight excluding hydrogens is 456 g/mol. The van der Waals surface area contributed by atoms with Crippen LogP contribution in [0.25, 0.3) is 5.69 Å². The number of aliphatic hydroxyl groups excluding tert-OH is 1. The first kappa shape index (κ1) is 24.3. The van der Waals surface area contributed by atoms with E-state index in [9.17, 15) is 23.5 Å². The Kier molecular flexibility index (Phi) is 7.45. The van der Waals surface area contributed by atoms with Gasteiger partial charge >= 0.3 is 0 Å². The van der Waals surface area contributed by atoms with Gasteiger partial charge in [0.05, 0.1) is 11.8 Å². The van der Waals surface area contributed by atoms with Crippen molar-refractivity contribution in [2.75, 3.05) is 6.54 Å². The summed E-state index contributed by atoms with van der Waals surface area (Å²) in [6, 6.07) is 7.92. The van der Waals surface area contributed by atoms with Crippen LogP contribution in [0.2, 0.25) is 5.02 Å². The number of carbonyl (C=O) groups excluding carboxylic acids is 1. The number of aryl methyl sites for hydroxylation is 2. The van der Waals surface area contributed by atoms with E-state index in [0.29, 0.717) is 16.8 Å². The number of halogens is 3. The van der Waals surface area contributed by atoms with E-state index in [0.717, 1.165) is 12.1 Å². The standard InChI is InChI=1S/C23H22ClF2N3O4/c1-12-4-5-15(21(31)27-10-13(2)30)8-19(12)29-14(3)28-22(32)20(24)23(29)33-11-16-6-7-17(25)9-18(16)26/h4-9,13,30H,10-11H2,1-3H3,(H,27,31)/t13-/m0/s1. The van der Waals surface area contributed by atoms with Gasteiger partial charge in [-0.1, -0.05) is 17.7 Å². The quantitative estimate of drug-likeness (QED) is 0.543. The largest absolute Gasteiger partial charge is 0.472 e. The second-order valence-electron chi connectivity index (χ2n) is 7.50. The van der Waals surface area contributed by atoms with Crippen LogP contribution in [0.4, 0.5) is 8.78 Å². The van der Waals surface area contributed by atoms with Crippen LogP contribution in [-0.4, -0.2) is 33.2 Å². The monoisotopic (exact) mass is 477 g/mol. The second-order valence-corrected chi connectivity index (χ2v) is 7.88. The first-order valence-electron chi connectivity index (χ1n) is 10.0. The van der Waals surface area contributed by atoms with Gasteiger partial charge < -0.3 is 15.2 Å². The van der Waals surface area contributed by atoms with Crippen molar-refractivity contribution in [3.63, 3.8) is 0 Å². The average Bonchev–Trinajstić information content (AvgIpc) is 2.75. The van der Waals surface area contributed by atoms with Crippen LogP contribution >= 0.6 is 11.6 Å². The minimum atomic E-state index is -0.807. The Balaban J connectivity index is 2.06. The molecule has 33 heavy (non-hydrogen) atoms. The van der Waals surface area contributed by atoms with Crippen LogP contribution in [0.3, 0.4) is 0 Å². The van der Waals surface area contributed by atoms with E-state index in [2.05, 4.69) is 10.3 Å². The molecule has 0 spiro atoms. The molecule has 1 heterocycles. The smallest absolute Gasteiger partial charge is 0.295 e. The summed E-state index contributed by atoms with van der Waals surface area (Å²) in [5, 5.41) is 11.7. The number of benzene rings is 2. The number of aromatic nitrogens is 2. The predicted octanol–water partition coefficient (Wildman–Crippen LogP) is 3.47. The summed E-state index contributed by atoms with van der Waals surface area (Å²) in [7, 11) is 0. The first-order valence-corrected chi connectivity index (χ1v) is 10.4. The van der Waals surface area contributed by atoms with Crippen LogP contribution in [-0.2, 0) is 6.61 Å². The fraction of sp³-hybridized carbons (Fsp3) is 0.261. The topological polar surface area (TPSA) is 93.5 Å². The third-order valence-corrected chi connectivity index (χ3v) is 5.14. The summed E-state index contributed by atoms with van der Waals surface area (Å²) in [6.07, 6.45) is -0.713. The maximum absolute atomic E-state index is 14.1. The molecule has 0 aliphatic heterocycles. The molecule has 7 nitrogen and oxygen atoms in total. The molecule has 0 fully saturated rings. The third kappa shape index (κ3) is 5.55. The summed E-state index contributed by atoms with van der Waals surface area (Å²) in [6.45, 7) is 4.63. The van der Waals surface area contributed by atoms with E-state index in [1.165, 1.54) is 10.6 Å². The molecule has 0 aliphatic carbocycles. The van der Waals surface area contributed by atoms with E-state index < -0.39 is 29.2 Å². The first-order chi connectivity index (χ1) is 15.6. The van der Waals surface area contributed by atoms with E-state index in [-0.39, 0.29) is 35.4 Å². The number of rotatable bonds is 7. The zero-order valence-electron chi connectivity index (χ0n) is 18.2. The molecular formula is C23H22ClF2N3O4. The maximum atomic E-state index is 14.1. The maximum Gasteiger partial charge on any atom is 0.295 e. The van der Waals surface area contributed by atoms with Crippen LogP contribution in [0.5, 0.6) is 5.88 Å². The predicted molar refractivity (Wildman–Crippen MR) is 119 cm³/mol. The molecule has 0 aliphatic rings. The molecule has 1 aromatic heterocycles. The van der Waals surface area contributed by atoms with Crippen molar-refractivity contribution < 1.29 is 23.4 Å². The normalized spacial score (nSPS) is 11.8. The Labute approximate surface area is 193 Å². The van der Waals surface area contributed by atoms with E-state index in [4.69, 9.17) is 16.3 Å². The fourth-order valence-electron chi connectivity index (χ4n) is 3.11. The summed E-state index contributed by atoms with van der Waals surface area (Å²) in [4.78, 5) is 28.6. The molecule has 0 unspecified atom stereocenters. The minimum Gasteiger partial charge on any atom is -0.472 e. The van der Waals surface area contributed by atoms with Gasteiger partial charge in [-0.05, 0) is 50.6 Å². The van der Waals surface area contributed by atoms with E-state index >= 15 is 0 Å². The van der Waals surface area contributed by atoms with Gasteiger partial charge in [0.15, 0.2) is 5.02 Å². The van der Waals surface area contributed by atoms with Crippen LogP contribution in [0, 0.1) is 25.5 Å². The Hall–Kier alpha value is -3.30. The fourth-order valence-corrected chi connectivity index (χ4v) is 3.29. The lowest BCUT2D eigenvalue weighted by molar-refractivity contribution is 0.0924. The number of amides is 1. The highest BCUT2D eigenvalue weighted by molar-refractivity contribution is 6.31. The SMILES string of the molecule is Cc1ccc(C(=O)NC[C@H](C)O)cc1-n1c(C)nc(=O)c(Cl)c1OCc1ccc(F)cc1F. The van der Waals surface area contributed by atoms with Crippen LogP contribution in [0.15, 0.2) is 41.2 Å². The zero-order valence-corrected chi connectivity index (χ0v) is 18.9. The highest BCUT2D eigenvalue weighted by atomic mass is 35.5. The third-order valence-electron chi connectivity index (χ3n) is 4.82. The molecule has 174 valence electrons. The Morgan fingerprint density at radius 2 is 1.97 bits per heavy atom. The molecule has 1 amide bonds. The second kappa shape index (κ2) is 10.1. The van der Waals surface area contributed by atoms with Gasteiger partial charge in [0.25, 0.3) is 11.5 Å². The molecule has 10 heteroatoms. The van der Waals surface area contributed by atoms with Crippen molar-refractivity contribution in [1.82, 2.24) is 14.9 Å². The number of ether oxygens (including phenoxy) is 1. The number of hydrogen-bond donors (Lipinski definition) is 2.